The minimum absolute atomic E-state index is 0.0520. The monoisotopic (exact) mass is 297 g/mol. The van der Waals surface area contributed by atoms with Crippen molar-refractivity contribution in [3.63, 3.8) is 0 Å². The van der Waals surface area contributed by atoms with E-state index < -0.39 is 0 Å². The molecule has 1 N–H and O–H groups in total. The number of benzene rings is 2. The first-order chi connectivity index (χ1) is 10.2. The highest BCUT2D eigenvalue weighted by atomic mass is 35.5. The molecular weight excluding hydrogens is 286 g/mol. The van der Waals surface area contributed by atoms with Gasteiger partial charge in [-0.15, -0.1) is 0 Å². The first-order valence-corrected chi connectivity index (χ1v) is 7.10. The molecule has 4 nitrogen and oxygen atoms in total. The van der Waals surface area contributed by atoms with Crippen molar-refractivity contribution in [2.45, 2.75) is 12.6 Å². The van der Waals surface area contributed by atoms with Crippen molar-refractivity contribution in [1.82, 2.24) is 10.2 Å². The fraction of sp³-hybridized carbons (Fsp3) is 0.125. The van der Waals surface area contributed by atoms with Gasteiger partial charge in [0.05, 0.1) is 12.2 Å². The van der Waals surface area contributed by atoms with Crippen LogP contribution in [0.2, 0.25) is 5.02 Å². The van der Waals surface area contributed by atoms with E-state index in [1.807, 2.05) is 53.4 Å². The second-order valence-corrected chi connectivity index (χ2v) is 5.51. The largest absolute Gasteiger partial charge is 0.322 e. The molecule has 1 saturated heterocycles. The van der Waals surface area contributed by atoms with E-state index in [9.17, 15) is 4.79 Å². The van der Waals surface area contributed by atoms with Gasteiger partial charge in [-0.25, -0.2) is 4.99 Å². The van der Waals surface area contributed by atoms with Crippen LogP contribution in [-0.2, 0) is 11.3 Å². The van der Waals surface area contributed by atoms with E-state index in [2.05, 4.69) is 10.3 Å². The van der Waals surface area contributed by atoms with Crippen LogP contribution in [0.25, 0.3) is 0 Å². The number of carbonyl (C=O) groups excluding carboxylic acids is 1. The van der Waals surface area contributed by atoms with Gasteiger partial charge in [-0.05, 0) is 17.7 Å². The van der Waals surface area contributed by atoms with Gasteiger partial charge >= 0.3 is 0 Å². The van der Waals surface area contributed by atoms with Crippen molar-refractivity contribution in [3.8, 4) is 0 Å². The van der Waals surface area contributed by atoms with Crippen molar-refractivity contribution >= 4 is 29.2 Å². The van der Waals surface area contributed by atoms with E-state index in [4.69, 9.17) is 11.6 Å². The second-order valence-electron chi connectivity index (χ2n) is 5.10. The van der Waals surface area contributed by atoms with Crippen molar-refractivity contribution in [3.05, 3.63) is 64.7 Å². The fourth-order valence-electron chi connectivity index (χ4n) is 2.83. The minimum atomic E-state index is -0.352. The first kappa shape index (κ1) is 12.4. The van der Waals surface area contributed by atoms with E-state index in [0.29, 0.717) is 17.5 Å². The number of nitrogens with one attached hydrogen (secondary N) is 1. The number of amides is 1. The number of fused-ring (bicyclic) bond motifs is 2. The number of guanidine groups is 1. The Morgan fingerprint density at radius 3 is 2.76 bits per heavy atom. The molecule has 1 atom stereocenters. The molecule has 0 saturated carbocycles. The summed E-state index contributed by atoms with van der Waals surface area (Å²) in [7, 11) is 0. The quantitative estimate of drug-likeness (QED) is 0.879. The van der Waals surface area contributed by atoms with E-state index in [-0.39, 0.29) is 11.9 Å². The maximum atomic E-state index is 12.3. The highest BCUT2D eigenvalue weighted by Crippen LogP contribution is 2.37. The van der Waals surface area contributed by atoms with Crippen LogP contribution in [0.3, 0.4) is 0 Å². The Kier molecular flexibility index (Phi) is 2.72. The molecule has 2 aromatic carbocycles. The number of nitrogens with zero attached hydrogens (tertiary/aromatic N) is 2. The predicted octanol–water partition coefficient (Wildman–Crippen LogP) is 3.01. The third-order valence-electron chi connectivity index (χ3n) is 3.83. The van der Waals surface area contributed by atoms with Gasteiger partial charge in [0, 0.05) is 10.6 Å². The number of halogens is 1. The SMILES string of the molecule is O=C1NC2=Nc3cccc(Cl)c3CN2C1c1ccccc1. The Hall–Kier alpha value is -2.33. The zero-order chi connectivity index (χ0) is 14.4. The van der Waals surface area contributed by atoms with Gasteiger partial charge in [0.1, 0.15) is 6.04 Å². The standard InChI is InChI=1S/C16H12ClN3O/c17-12-7-4-8-13-11(12)9-20-14(10-5-2-1-3-6-10)15(21)19-16(20)18-13/h1-8,14H,9H2,(H,18,19,21). The number of hydrogen-bond acceptors (Lipinski definition) is 3. The third-order valence-corrected chi connectivity index (χ3v) is 4.19. The van der Waals surface area contributed by atoms with Gasteiger partial charge in [-0.1, -0.05) is 48.0 Å². The van der Waals surface area contributed by atoms with Crippen LogP contribution in [-0.4, -0.2) is 16.8 Å². The topological polar surface area (TPSA) is 44.7 Å². The fourth-order valence-corrected chi connectivity index (χ4v) is 3.06. The van der Waals surface area contributed by atoms with Crippen LogP contribution in [0.4, 0.5) is 5.69 Å². The lowest BCUT2D eigenvalue weighted by molar-refractivity contribution is -0.121. The van der Waals surface area contributed by atoms with Crippen LogP contribution in [0.15, 0.2) is 53.5 Å². The lowest BCUT2D eigenvalue weighted by Crippen LogP contribution is -2.33. The molecule has 21 heavy (non-hydrogen) atoms. The Balaban J connectivity index is 1.80. The summed E-state index contributed by atoms with van der Waals surface area (Å²) < 4.78 is 0. The molecule has 0 aliphatic carbocycles. The molecule has 5 heteroatoms. The van der Waals surface area contributed by atoms with Gasteiger partial charge < -0.3 is 4.90 Å². The van der Waals surface area contributed by atoms with Crippen molar-refractivity contribution in [1.29, 1.82) is 0 Å². The van der Waals surface area contributed by atoms with Crippen LogP contribution in [0.5, 0.6) is 0 Å². The normalized spacial score (nSPS) is 19.7. The maximum Gasteiger partial charge on any atom is 0.254 e. The number of hydrogen-bond donors (Lipinski definition) is 1. The Morgan fingerprint density at radius 1 is 1.14 bits per heavy atom. The molecule has 1 unspecified atom stereocenters. The highest BCUT2D eigenvalue weighted by Gasteiger charge is 2.40. The minimum Gasteiger partial charge on any atom is -0.322 e. The Bertz CT molecular complexity index is 757. The molecule has 4 rings (SSSR count). The summed E-state index contributed by atoms with van der Waals surface area (Å²) in [5.41, 5.74) is 2.74. The molecule has 0 aromatic heterocycles. The molecule has 1 fully saturated rings. The molecule has 2 aliphatic heterocycles. The summed E-state index contributed by atoms with van der Waals surface area (Å²) in [4.78, 5) is 18.8. The summed E-state index contributed by atoms with van der Waals surface area (Å²) in [6.07, 6.45) is 0. The summed E-state index contributed by atoms with van der Waals surface area (Å²) in [6.45, 7) is 0.576. The molecule has 104 valence electrons. The molecule has 1 amide bonds. The predicted molar refractivity (Wildman–Crippen MR) is 81.4 cm³/mol. The number of rotatable bonds is 1. The molecule has 0 bridgehead atoms. The summed E-state index contributed by atoms with van der Waals surface area (Å²) >= 11 is 6.26. The Morgan fingerprint density at radius 2 is 1.95 bits per heavy atom. The molecule has 0 spiro atoms. The average molecular weight is 298 g/mol. The van der Waals surface area contributed by atoms with Crippen molar-refractivity contribution in [2.24, 2.45) is 4.99 Å². The van der Waals surface area contributed by atoms with E-state index in [0.717, 1.165) is 16.8 Å². The molecule has 2 heterocycles. The second kappa shape index (κ2) is 4.60. The van der Waals surface area contributed by atoms with Crippen LogP contribution < -0.4 is 5.32 Å². The van der Waals surface area contributed by atoms with E-state index in [1.54, 1.807) is 0 Å². The lowest BCUT2D eigenvalue weighted by atomic mass is 10.0. The average Bonchev–Trinajstić information content (AvgIpc) is 2.81. The van der Waals surface area contributed by atoms with E-state index in [1.165, 1.54) is 0 Å². The zero-order valence-corrected chi connectivity index (χ0v) is 11.8. The van der Waals surface area contributed by atoms with Gasteiger partial charge in [0.2, 0.25) is 5.96 Å². The lowest BCUT2D eigenvalue weighted by Gasteiger charge is -2.28. The maximum absolute atomic E-state index is 12.3. The first-order valence-electron chi connectivity index (χ1n) is 6.72. The summed E-state index contributed by atoms with van der Waals surface area (Å²) in [6, 6.07) is 15.0. The van der Waals surface area contributed by atoms with Gasteiger partial charge in [-0.3, -0.25) is 10.1 Å². The molecule has 0 radical (unpaired) electrons. The smallest absolute Gasteiger partial charge is 0.254 e. The van der Waals surface area contributed by atoms with Crippen LogP contribution in [0.1, 0.15) is 17.2 Å². The van der Waals surface area contributed by atoms with E-state index >= 15 is 0 Å². The van der Waals surface area contributed by atoms with Crippen molar-refractivity contribution in [2.75, 3.05) is 0 Å². The molecule has 2 aromatic rings. The number of carbonyl (C=O) groups is 1. The summed E-state index contributed by atoms with van der Waals surface area (Å²) in [5, 5.41) is 3.54. The molecular formula is C16H12ClN3O. The van der Waals surface area contributed by atoms with Crippen LogP contribution in [0, 0.1) is 0 Å². The van der Waals surface area contributed by atoms with Gasteiger partial charge in [0.25, 0.3) is 5.91 Å². The highest BCUT2D eigenvalue weighted by molar-refractivity contribution is 6.31. The summed E-state index contributed by atoms with van der Waals surface area (Å²) in [5.74, 6) is 0.549. The van der Waals surface area contributed by atoms with Gasteiger partial charge in [0.15, 0.2) is 0 Å². The third kappa shape index (κ3) is 1.91. The zero-order valence-electron chi connectivity index (χ0n) is 11.1. The molecule has 2 aliphatic rings. The number of aliphatic imine (C=N–C) groups is 1. The van der Waals surface area contributed by atoms with Gasteiger partial charge in [-0.2, -0.15) is 0 Å². The van der Waals surface area contributed by atoms with Crippen molar-refractivity contribution < 1.29 is 4.79 Å². The Labute approximate surface area is 127 Å². The van der Waals surface area contributed by atoms with Crippen LogP contribution >= 0.6 is 11.6 Å².